The highest BCUT2D eigenvalue weighted by Crippen LogP contribution is 2.46. The Morgan fingerprint density at radius 1 is 1.50 bits per heavy atom. The second-order valence-corrected chi connectivity index (χ2v) is 3.81. The van der Waals surface area contributed by atoms with Gasteiger partial charge in [-0.1, -0.05) is 0 Å². The first-order chi connectivity index (χ1) is 5.82. The minimum absolute atomic E-state index is 0.107. The number of hydrogen-bond acceptors (Lipinski definition) is 2. The first-order valence-electron chi connectivity index (χ1n) is 4.40. The van der Waals surface area contributed by atoms with Crippen molar-refractivity contribution in [2.75, 3.05) is 0 Å². The van der Waals surface area contributed by atoms with E-state index in [1.807, 2.05) is 10.7 Å². The van der Waals surface area contributed by atoms with Crippen LogP contribution in [0.1, 0.15) is 36.2 Å². The third kappa shape index (κ3) is 0.543. The van der Waals surface area contributed by atoms with E-state index in [-0.39, 0.29) is 11.3 Å². The Morgan fingerprint density at radius 3 is 3.00 bits per heavy atom. The van der Waals surface area contributed by atoms with E-state index >= 15 is 0 Å². The van der Waals surface area contributed by atoms with E-state index in [0.29, 0.717) is 6.42 Å². The third-order valence-corrected chi connectivity index (χ3v) is 3.15. The van der Waals surface area contributed by atoms with Crippen LogP contribution in [0.5, 0.6) is 0 Å². The molecule has 0 radical (unpaired) electrons. The van der Waals surface area contributed by atoms with Crippen molar-refractivity contribution in [1.82, 2.24) is 9.78 Å². The molecule has 2 heterocycles. The van der Waals surface area contributed by atoms with Gasteiger partial charge >= 0.3 is 0 Å². The third-order valence-electron chi connectivity index (χ3n) is 3.15. The molecule has 0 aromatic carbocycles. The summed E-state index contributed by atoms with van der Waals surface area (Å²) in [4.78, 5) is 11.5. The van der Waals surface area contributed by atoms with E-state index in [1.165, 1.54) is 6.42 Å². The highest BCUT2D eigenvalue weighted by Gasteiger charge is 2.47. The van der Waals surface area contributed by atoms with Crippen LogP contribution in [0.4, 0.5) is 0 Å². The van der Waals surface area contributed by atoms with E-state index in [0.717, 1.165) is 18.5 Å². The van der Waals surface area contributed by atoms with Gasteiger partial charge in [-0.05, 0) is 25.3 Å². The molecule has 1 aliphatic carbocycles. The van der Waals surface area contributed by atoms with Gasteiger partial charge in [0.2, 0.25) is 0 Å². The zero-order valence-corrected chi connectivity index (χ0v) is 6.79. The zero-order chi connectivity index (χ0) is 8.18. The molecule has 62 valence electrons. The quantitative estimate of drug-likeness (QED) is 0.577. The number of aromatic nitrogens is 2. The molecule has 1 fully saturated rings. The molecule has 3 rings (SSSR count). The molecule has 0 unspecified atom stereocenters. The average Bonchev–Trinajstić information content (AvgIpc) is 2.49. The predicted octanol–water partition coefficient (Wildman–Crippen LogP) is 1.35. The van der Waals surface area contributed by atoms with Crippen molar-refractivity contribution in [2.24, 2.45) is 0 Å². The standard InChI is InChI=1S/C9H10N2O/c12-8-6-9(3-1-4-9)11-7(8)2-5-10-11/h2,5H,1,3-4,6H2. The molecule has 1 aromatic rings. The van der Waals surface area contributed by atoms with Gasteiger partial charge in [0.25, 0.3) is 0 Å². The Morgan fingerprint density at radius 2 is 2.33 bits per heavy atom. The maximum absolute atomic E-state index is 11.5. The summed E-state index contributed by atoms with van der Waals surface area (Å²) in [7, 11) is 0. The molecular weight excluding hydrogens is 152 g/mol. The Hall–Kier alpha value is -1.12. The lowest BCUT2D eigenvalue weighted by Gasteiger charge is -2.38. The molecule has 0 amide bonds. The van der Waals surface area contributed by atoms with E-state index in [1.54, 1.807) is 6.20 Å². The molecule has 1 saturated carbocycles. The number of carbonyl (C=O) groups excluding carboxylic acids is 1. The number of rotatable bonds is 0. The summed E-state index contributed by atoms with van der Waals surface area (Å²) in [5.41, 5.74) is 0.922. The zero-order valence-electron chi connectivity index (χ0n) is 6.79. The average molecular weight is 162 g/mol. The lowest BCUT2D eigenvalue weighted by molar-refractivity contribution is 0.0896. The van der Waals surface area contributed by atoms with Gasteiger partial charge in [0, 0.05) is 12.6 Å². The summed E-state index contributed by atoms with van der Waals surface area (Å²) in [6, 6.07) is 1.83. The normalized spacial score (nSPS) is 24.2. The number of fused-ring (bicyclic) bond motifs is 2. The molecule has 0 N–H and O–H groups in total. The van der Waals surface area contributed by atoms with Crippen molar-refractivity contribution in [3.05, 3.63) is 18.0 Å². The summed E-state index contributed by atoms with van der Waals surface area (Å²) in [5, 5.41) is 4.22. The van der Waals surface area contributed by atoms with Crippen LogP contribution >= 0.6 is 0 Å². The van der Waals surface area contributed by atoms with Gasteiger partial charge in [0.15, 0.2) is 5.78 Å². The van der Waals surface area contributed by atoms with Crippen LogP contribution < -0.4 is 0 Å². The summed E-state index contributed by atoms with van der Waals surface area (Å²) < 4.78 is 1.94. The van der Waals surface area contributed by atoms with E-state index in [9.17, 15) is 4.79 Å². The first-order valence-corrected chi connectivity index (χ1v) is 4.40. The molecule has 1 aliphatic heterocycles. The smallest absolute Gasteiger partial charge is 0.183 e. The maximum Gasteiger partial charge on any atom is 0.183 e. The summed E-state index contributed by atoms with van der Waals surface area (Å²) in [6.07, 6.45) is 5.93. The Bertz CT molecular complexity index is 349. The van der Waals surface area contributed by atoms with E-state index in [2.05, 4.69) is 5.10 Å². The Balaban J connectivity index is 2.19. The molecule has 0 saturated heterocycles. The molecule has 0 bridgehead atoms. The van der Waals surface area contributed by atoms with Crippen LogP contribution in [0.25, 0.3) is 0 Å². The van der Waals surface area contributed by atoms with Crippen molar-refractivity contribution in [3.8, 4) is 0 Å². The molecule has 3 heteroatoms. The van der Waals surface area contributed by atoms with E-state index < -0.39 is 0 Å². The molecule has 1 aromatic heterocycles. The molecule has 3 nitrogen and oxygen atoms in total. The van der Waals surface area contributed by atoms with Crippen LogP contribution in [0.2, 0.25) is 0 Å². The maximum atomic E-state index is 11.5. The fourth-order valence-corrected chi connectivity index (χ4v) is 2.33. The van der Waals surface area contributed by atoms with Gasteiger partial charge in [-0.15, -0.1) is 0 Å². The van der Waals surface area contributed by atoms with Crippen molar-refractivity contribution < 1.29 is 4.79 Å². The number of ketones is 1. The lowest BCUT2D eigenvalue weighted by atomic mass is 9.75. The highest BCUT2D eigenvalue weighted by molar-refractivity contribution is 5.97. The second kappa shape index (κ2) is 1.79. The minimum Gasteiger partial charge on any atom is -0.292 e. The fourth-order valence-electron chi connectivity index (χ4n) is 2.33. The predicted molar refractivity (Wildman–Crippen MR) is 43.0 cm³/mol. The monoisotopic (exact) mass is 162 g/mol. The fraction of sp³-hybridized carbons (Fsp3) is 0.556. The topological polar surface area (TPSA) is 34.9 Å². The van der Waals surface area contributed by atoms with Crippen molar-refractivity contribution in [1.29, 1.82) is 0 Å². The van der Waals surface area contributed by atoms with Crippen molar-refractivity contribution >= 4 is 5.78 Å². The number of nitrogens with zero attached hydrogens (tertiary/aromatic N) is 2. The number of hydrogen-bond donors (Lipinski definition) is 0. The molecule has 12 heavy (non-hydrogen) atoms. The minimum atomic E-state index is 0.107. The first kappa shape index (κ1) is 6.40. The van der Waals surface area contributed by atoms with Crippen LogP contribution in [0.15, 0.2) is 12.3 Å². The van der Waals surface area contributed by atoms with Gasteiger partial charge in [-0.2, -0.15) is 5.10 Å². The molecular formula is C9H10N2O. The molecule has 0 atom stereocenters. The lowest BCUT2D eigenvalue weighted by Crippen LogP contribution is -2.38. The summed E-state index contributed by atoms with van der Waals surface area (Å²) in [6.45, 7) is 0. The Kier molecular flexibility index (Phi) is 0.953. The largest absolute Gasteiger partial charge is 0.292 e. The van der Waals surface area contributed by atoms with Crippen LogP contribution in [0, 0.1) is 0 Å². The van der Waals surface area contributed by atoms with Gasteiger partial charge < -0.3 is 0 Å². The number of Topliss-reactive ketones (excluding diaryl/α,β-unsaturated/α-hetero) is 1. The van der Waals surface area contributed by atoms with Gasteiger partial charge in [0.1, 0.15) is 5.69 Å². The van der Waals surface area contributed by atoms with Crippen molar-refractivity contribution in [2.45, 2.75) is 31.2 Å². The summed E-state index contributed by atoms with van der Waals surface area (Å²) >= 11 is 0. The second-order valence-electron chi connectivity index (χ2n) is 3.81. The Labute approximate surface area is 70.4 Å². The number of carbonyl (C=O) groups is 1. The van der Waals surface area contributed by atoms with Gasteiger partial charge in [-0.25, -0.2) is 0 Å². The van der Waals surface area contributed by atoms with E-state index in [4.69, 9.17) is 0 Å². The van der Waals surface area contributed by atoms with Gasteiger partial charge in [0.05, 0.1) is 5.54 Å². The van der Waals surface area contributed by atoms with Crippen molar-refractivity contribution in [3.63, 3.8) is 0 Å². The SMILES string of the molecule is O=C1CC2(CCC2)n2nccc21. The van der Waals surface area contributed by atoms with Crippen LogP contribution in [-0.2, 0) is 5.54 Å². The molecule has 1 spiro atoms. The highest BCUT2D eigenvalue weighted by atomic mass is 16.1. The van der Waals surface area contributed by atoms with Crippen LogP contribution in [0.3, 0.4) is 0 Å². The molecule has 2 aliphatic rings. The van der Waals surface area contributed by atoms with Gasteiger partial charge in [-0.3, -0.25) is 9.48 Å². The van der Waals surface area contributed by atoms with Crippen LogP contribution in [-0.4, -0.2) is 15.6 Å². The summed E-state index contributed by atoms with van der Waals surface area (Å²) in [5.74, 6) is 0.271.